The van der Waals surface area contributed by atoms with E-state index in [9.17, 15) is 4.79 Å². The van der Waals surface area contributed by atoms with Gasteiger partial charge in [-0.3, -0.25) is 0 Å². The SMILES string of the molecule is CCCCOC(=Cc1ccc(OCc2ccccc2)cc1)C(=O)OC. The molecule has 0 N–H and O–H groups in total. The molecule has 2 aromatic rings. The number of rotatable bonds is 9. The predicted molar refractivity (Wildman–Crippen MR) is 98.1 cm³/mol. The average molecular weight is 340 g/mol. The minimum absolute atomic E-state index is 0.217. The van der Waals surface area contributed by atoms with Crippen LogP contribution < -0.4 is 4.74 Å². The summed E-state index contributed by atoms with van der Waals surface area (Å²) < 4.78 is 16.1. The third-order valence-electron chi connectivity index (χ3n) is 3.57. The van der Waals surface area contributed by atoms with E-state index < -0.39 is 5.97 Å². The lowest BCUT2D eigenvalue weighted by Crippen LogP contribution is -2.09. The van der Waals surface area contributed by atoms with Crippen molar-refractivity contribution >= 4 is 12.0 Å². The van der Waals surface area contributed by atoms with Crippen LogP contribution in [0.3, 0.4) is 0 Å². The van der Waals surface area contributed by atoms with Crippen molar-refractivity contribution in [2.24, 2.45) is 0 Å². The fourth-order valence-electron chi connectivity index (χ4n) is 2.14. The van der Waals surface area contributed by atoms with E-state index in [1.807, 2.05) is 54.6 Å². The standard InChI is InChI=1S/C21H24O4/c1-3-4-14-24-20(21(22)23-2)15-17-10-12-19(13-11-17)25-16-18-8-6-5-7-9-18/h5-13,15H,3-4,14,16H2,1-2H3. The van der Waals surface area contributed by atoms with Gasteiger partial charge in [0, 0.05) is 0 Å². The number of ether oxygens (including phenoxy) is 3. The average Bonchev–Trinajstić information content (AvgIpc) is 2.67. The zero-order valence-corrected chi connectivity index (χ0v) is 14.7. The lowest BCUT2D eigenvalue weighted by molar-refractivity contribution is -0.140. The Morgan fingerprint density at radius 3 is 2.40 bits per heavy atom. The third kappa shape index (κ3) is 6.34. The Balaban J connectivity index is 1.99. The molecular formula is C21H24O4. The number of benzene rings is 2. The topological polar surface area (TPSA) is 44.8 Å². The highest BCUT2D eigenvalue weighted by Crippen LogP contribution is 2.17. The van der Waals surface area contributed by atoms with Crippen molar-refractivity contribution in [2.45, 2.75) is 26.4 Å². The second kappa shape index (κ2) is 10.2. The first kappa shape index (κ1) is 18.6. The number of carbonyl (C=O) groups excluding carboxylic acids is 1. The molecule has 0 aromatic heterocycles. The monoisotopic (exact) mass is 340 g/mol. The van der Waals surface area contributed by atoms with Gasteiger partial charge in [-0.25, -0.2) is 4.79 Å². The molecule has 0 radical (unpaired) electrons. The summed E-state index contributed by atoms with van der Waals surface area (Å²) in [5.41, 5.74) is 1.97. The summed E-state index contributed by atoms with van der Waals surface area (Å²) in [6, 6.07) is 17.5. The van der Waals surface area contributed by atoms with Crippen molar-refractivity contribution in [1.29, 1.82) is 0 Å². The molecule has 0 heterocycles. The second-order valence-electron chi connectivity index (χ2n) is 5.55. The Morgan fingerprint density at radius 1 is 1.04 bits per heavy atom. The van der Waals surface area contributed by atoms with E-state index in [0.717, 1.165) is 29.7 Å². The Labute approximate surface area is 149 Å². The maximum Gasteiger partial charge on any atom is 0.373 e. The molecule has 0 aliphatic rings. The van der Waals surface area contributed by atoms with Gasteiger partial charge in [0.2, 0.25) is 5.76 Å². The van der Waals surface area contributed by atoms with Crippen LogP contribution in [0.1, 0.15) is 30.9 Å². The number of carbonyl (C=O) groups is 1. The minimum atomic E-state index is -0.472. The molecule has 0 spiro atoms. The van der Waals surface area contributed by atoms with Gasteiger partial charge in [0.1, 0.15) is 12.4 Å². The van der Waals surface area contributed by atoms with E-state index >= 15 is 0 Å². The van der Waals surface area contributed by atoms with Crippen LogP contribution in [0.25, 0.3) is 6.08 Å². The molecule has 0 unspecified atom stereocenters. The summed E-state index contributed by atoms with van der Waals surface area (Å²) >= 11 is 0. The van der Waals surface area contributed by atoms with Crippen molar-refractivity contribution in [3.63, 3.8) is 0 Å². The van der Waals surface area contributed by atoms with Crippen molar-refractivity contribution in [2.75, 3.05) is 13.7 Å². The number of hydrogen-bond donors (Lipinski definition) is 0. The zero-order chi connectivity index (χ0) is 17.9. The van der Waals surface area contributed by atoms with Gasteiger partial charge in [-0.1, -0.05) is 55.8 Å². The van der Waals surface area contributed by atoms with E-state index in [0.29, 0.717) is 13.2 Å². The summed E-state index contributed by atoms with van der Waals surface area (Å²) in [4.78, 5) is 11.8. The van der Waals surface area contributed by atoms with Crippen LogP contribution in [0.2, 0.25) is 0 Å². The van der Waals surface area contributed by atoms with Gasteiger partial charge in [-0.15, -0.1) is 0 Å². The maximum absolute atomic E-state index is 11.8. The van der Waals surface area contributed by atoms with E-state index in [2.05, 4.69) is 6.92 Å². The molecule has 0 amide bonds. The van der Waals surface area contributed by atoms with Gasteiger partial charge in [-0.2, -0.15) is 0 Å². The summed E-state index contributed by atoms with van der Waals surface area (Å²) in [5, 5.41) is 0. The number of esters is 1. The van der Waals surface area contributed by atoms with Crippen molar-refractivity contribution in [3.05, 3.63) is 71.5 Å². The molecule has 0 aliphatic heterocycles. The smallest absolute Gasteiger partial charge is 0.373 e. The molecule has 0 saturated carbocycles. The highest BCUT2D eigenvalue weighted by Gasteiger charge is 2.11. The van der Waals surface area contributed by atoms with Crippen LogP contribution in [-0.2, 0) is 20.9 Å². The minimum Gasteiger partial charge on any atom is -0.489 e. The van der Waals surface area contributed by atoms with Gasteiger partial charge >= 0.3 is 5.97 Å². The molecule has 4 nitrogen and oxygen atoms in total. The molecule has 0 saturated heterocycles. The summed E-state index contributed by atoms with van der Waals surface area (Å²) in [6.45, 7) is 3.08. The Hall–Kier alpha value is -2.75. The molecule has 2 rings (SSSR count). The summed E-state index contributed by atoms with van der Waals surface area (Å²) in [7, 11) is 1.35. The van der Waals surface area contributed by atoms with Gasteiger partial charge < -0.3 is 14.2 Å². The highest BCUT2D eigenvalue weighted by molar-refractivity contribution is 5.91. The molecule has 2 aromatic carbocycles. The van der Waals surface area contributed by atoms with E-state index in [-0.39, 0.29) is 5.76 Å². The van der Waals surface area contributed by atoms with Crippen molar-refractivity contribution in [1.82, 2.24) is 0 Å². The molecule has 0 atom stereocenters. The molecular weight excluding hydrogens is 316 g/mol. The molecule has 25 heavy (non-hydrogen) atoms. The first-order chi connectivity index (χ1) is 12.2. The maximum atomic E-state index is 11.8. The molecule has 0 fully saturated rings. The summed E-state index contributed by atoms with van der Waals surface area (Å²) in [6.07, 6.45) is 3.57. The van der Waals surface area contributed by atoms with Gasteiger partial charge in [-0.05, 0) is 35.8 Å². The van der Waals surface area contributed by atoms with E-state index in [4.69, 9.17) is 14.2 Å². The van der Waals surface area contributed by atoms with Crippen LogP contribution >= 0.6 is 0 Å². The van der Waals surface area contributed by atoms with Crippen LogP contribution in [0.5, 0.6) is 5.75 Å². The molecule has 4 heteroatoms. The Morgan fingerprint density at radius 2 is 1.76 bits per heavy atom. The third-order valence-corrected chi connectivity index (χ3v) is 3.57. The van der Waals surface area contributed by atoms with Crippen LogP contribution in [0, 0.1) is 0 Å². The fourth-order valence-corrected chi connectivity index (χ4v) is 2.14. The second-order valence-corrected chi connectivity index (χ2v) is 5.55. The summed E-state index contributed by atoms with van der Waals surface area (Å²) in [5.74, 6) is 0.516. The normalized spacial score (nSPS) is 11.0. The first-order valence-corrected chi connectivity index (χ1v) is 8.42. The zero-order valence-electron chi connectivity index (χ0n) is 14.7. The molecule has 132 valence electrons. The van der Waals surface area contributed by atoms with Gasteiger partial charge in [0.25, 0.3) is 0 Å². The molecule has 0 bridgehead atoms. The predicted octanol–water partition coefficient (Wildman–Crippen LogP) is 4.60. The quantitative estimate of drug-likeness (QED) is 0.290. The van der Waals surface area contributed by atoms with Crippen LogP contribution in [0.15, 0.2) is 60.4 Å². The van der Waals surface area contributed by atoms with Crippen molar-refractivity contribution in [3.8, 4) is 5.75 Å². The first-order valence-electron chi connectivity index (χ1n) is 8.42. The largest absolute Gasteiger partial charge is 0.489 e. The Kier molecular flexibility index (Phi) is 7.57. The van der Waals surface area contributed by atoms with E-state index in [1.54, 1.807) is 6.08 Å². The Bertz CT molecular complexity index is 675. The number of hydrogen-bond acceptors (Lipinski definition) is 4. The van der Waals surface area contributed by atoms with Crippen LogP contribution in [-0.4, -0.2) is 19.7 Å². The van der Waals surface area contributed by atoms with Gasteiger partial charge in [0.15, 0.2) is 0 Å². The lowest BCUT2D eigenvalue weighted by Gasteiger charge is -2.09. The number of methoxy groups -OCH3 is 1. The van der Waals surface area contributed by atoms with E-state index in [1.165, 1.54) is 7.11 Å². The van der Waals surface area contributed by atoms with Crippen molar-refractivity contribution < 1.29 is 19.0 Å². The van der Waals surface area contributed by atoms with Gasteiger partial charge in [0.05, 0.1) is 13.7 Å². The lowest BCUT2D eigenvalue weighted by atomic mass is 10.2. The molecule has 0 aliphatic carbocycles. The fraction of sp³-hybridized carbons (Fsp3) is 0.286. The number of unbranched alkanes of at least 4 members (excludes halogenated alkanes) is 1. The van der Waals surface area contributed by atoms with Crippen LogP contribution in [0.4, 0.5) is 0 Å². The highest BCUT2D eigenvalue weighted by atomic mass is 16.6.